The molecule has 5 heteroatoms. The number of aliphatic hydroxyl groups is 1. The molecule has 1 N–H and O–H groups in total. The Labute approximate surface area is 201 Å². The van der Waals surface area contributed by atoms with Crippen LogP contribution in [0.2, 0.25) is 0 Å². The molecule has 34 heavy (non-hydrogen) atoms. The van der Waals surface area contributed by atoms with E-state index in [1.54, 1.807) is 0 Å². The first kappa shape index (κ1) is 24.1. The highest BCUT2D eigenvalue weighted by molar-refractivity contribution is 7.53. The van der Waals surface area contributed by atoms with Crippen LogP contribution in [0.3, 0.4) is 0 Å². The van der Waals surface area contributed by atoms with E-state index in [0.717, 1.165) is 22.3 Å². The second-order valence-electron chi connectivity index (χ2n) is 8.09. The number of hydrogen-bond acceptors (Lipinski definition) is 4. The van der Waals surface area contributed by atoms with Crippen molar-refractivity contribution in [2.75, 3.05) is 19.6 Å². The van der Waals surface area contributed by atoms with E-state index >= 15 is 0 Å². The molecule has 0 saturated carbocycles. The van der Waals surface area contributed by atoms with Crippen LogP contribution < -0.4 is 0 Å². The topological polar surface area (TPSA) is 55.8 Å². The average molecular weight is 473 g/mol. The van der Waals surface area contributed by atoms with Crippen LogP contribution in [0.15, 0.2) is 121 Å². The highest BCUT2D eigenvalue weighted by atomic mass is 31.2. The maximum atomic E-state index is 13.4. The summed E-state index contributed by atoms with van der Waals surface area (Å²) in [7, 11) is -3.73. The summed E-state index contributed by atoms with van der Waals surface area (Å²) in [6, 6.07) is 39.8. The first-order valence-electron chi connectivity index (χ1n) is 11.4. The van der Waals surface area contributed by atoms with Gasteiger partial charge in [-0.25, -0.2) is 0 Å². The zero-order valence-corrected chi connectivity index (χ0v) is 19.8. The minimum absolute atomic E-state index is 0.132. The van der Waals surface area contributed by atoms with Crippen molar-refractivity contribution in [2.45, 2.75) is 11.8 Å². The van der Waals surface area contributed by atoms with E-state index in [2.05, 4.69) is 0 Å². The van der Waals surface area contributed by atoms with E-state index < -0.39 is 13.9 Å². The summed E-state index contributed by atoms with van der Waals surface area (Å²) < 4.78 is 25.1. The summed E-state index contributed by atoms with van der Waals surface area (Å²) in [5.74, 6) is -0.269. The molecule has 0 atom stereocenters. The van der Waals surface area contributed by atoms with Crippen LogP contribution in [0, 0.1) is 0 Å². The highest BCUT2D eigenvalue weighted by Crippen LogP contribution is 2.49. The first-order valence-corrected chi connectivity index (χ1v) is 13.1. The Kier molecular flexibility index (Phi) is 8.46. The molecule has 0 bridgehead atoms. The monoisotopic (exact) mass is 472 g/mol. The summed E-state index contributed by atoms with van der Waals surface area (Å²) in [4.78, 5) is 0. The molecule has 0 aromatic heterocycles. The maximum Gasteiger partial charge on any atom is 0.355 e. The summed E-state index contributed by atoms with van der Waals surface area (Å²) in [5, 5.41) is 9.98. The van der Waals surface area contributed by atoms with Crippen molar-refractivity contribution >= 4 is 7.60 Å². The lowest BCUT2D eigenvalue weighted by molar-refractivity contribution is 0.172. The van der Waals surface area contributed by atoms with Crippen molar-refractivity contribution in [1.29, 1.82) is 0 Å². The quantitative estimate of drug-likeness (QED) is 0.243. The van der Waals surface area contributed by atoms with Crippen molar-refractivity contribution in [3.8, 4) is 0 Å². The lowest BCUT2D eigenvalue weighted by Gasteiger charge is -2.24. The minimum Gasteiger partial charge on any atom is -0.384 e. The smallest absolute Gasteiger partial charge is 0.355 e. The zero-order chi connectivity index (χ0) is 23.6. The number of hydrogen-bond donors (Lipinski definition) is 1. The van der Waals surface area contributed by atoms with E-state index in [0.29, 0.717) is 0 Å². The third kappa shape index (κ3) is 6.31. The zero-order valence-electron chi connectivity index (χ0n) is 18.9. The lowest BCUT2D eigenvalue weighted by atomic mass is 9.92. The maximum absolute atomic E-state index is 13.4. The van der Waals surface area contributed by atoms with Crippen LogP contribution in [0.5, 0.6) is 0 Å². The normalized spacial score (nSPS) is 11.7. The third-order valence-corrected chi connectivity index (χ3v) is 7.29. The lowest BCUT2D eigenvalue weighted by Crippen LogP contribution is -2.14. The van der Waals surface area contributed by atoms with Gasteiger partial charge in [0.25, 0.3) is 0 Å². The molecular formula is C29H29O4P. The molecule has 0 heterocycles. The Bertz CT molecular complexity index is 998. The predicted molar refractivity (Wildman–Crippen MR) is 136 cm³/mol. The summed E-state index contributed by atoms with van der Waals surface area (Å²) >= 11 is 0. The summed E-state index contributed by atoms with van der Waals surface area (Å²) in [5.41, 5.74) is 4.18. The number of aliphatic hydroxyl groups excluding tert-OH is 1. The molecule has 174 valence electrons. The van der Waals surface area contributed by atoms with E-state index in [9.17, 15) is 9.67 Å². The standard InChI is InChI=1S/C29H29O4P/c30-23-34(31,32-21-28(24-13-5-1-6-14-24)25-15-7-2-8-16-25)33-22-29(26-17-9-3-10-18-26)27-19-11-4-12-20-27/h1-20,28-30H,21-23H2. The van der Waals surface area contributed by atoms with Crippen molar-refractivity contribution in [3.05, 3.63) is 144 Å². The molecular weight excluding hydrogens is 443 g/mol. The van der Waals surface area contributed by atoms with Gasteiger partial charge in [-0.15, -0.1) is 0 Å². The molecule has 0 saturated heterocycles. The van der Waals surface area contributed by atoms with Crippen molar-refractivity contribution < 1.29 is 18.7 Å². The Morgan fingerprint density at radius 1 is 0.529 bits per heavy atom. The number of rotatable bonds is 11. The third-order valence-electron chi connectivity index (χ3n) is 5.86. The van der Waals surface area contributed by atoms with Crippen LogP contribution in [0.4, 0.5) is 0 Å². The molecule has 4 aromatic carbocycles. The van der Waals surface area contributed by atoms with E-state index in [1.807, 2.05) is 121 Å². The molecule has 4 rings (SSSR count). The molecule has 0 unspecified atom stereocenters. The summed E-state index contributed by atoms with van der Waals surface area (Å²) in [6.07, 6.45) is -0.681. The Balaban J connectivity index is 1.51. The van der Waals surface area contributed by atoms with Gasteiger partial charge >= 0.3 is 7.60 Å². The Morgan fingerprint density at radius 3 is 1.03 bits per heavy atom. The minimum atomic E-state index is -3.73. The van der Waals surface area contributed by atoms with Gasteiger partial charge in [-0.05, 0) is 22.3 Å². The Hall–Kier alpha value is -3.01. The van der Waals surface area contributed by atoms with Crippen molar-refractivity contribution in [1.82, 2.24) is 0 Å². The van der Waals surface area contributed by atoms with Gasteiger partial charge in [0.15, 0.2) is 0 Å². The molecule has 4 aromatic rings. The molecule has 0 aliphatic heterocycles. The molecule has 0 radical (unpaired) electrons. The molecule has 0 fully saturated rings. The van der Waals surface area contributed by atoms with Crippen molar-refractivity contribution in [3.63, 3.8) is 0 Å². The van der Waals surface area contributed by atoms with Gasteiger partial charge in [0, 0.05) is 11.8 Å². The fraction of sp³-hybridized carbons (Fsp3) is 0.172. The van der Waals surface area contributed by atoms with Gasteiger partial charge in [0.1, 0.15) is 6.35 Å². The van der Waals surface area contributed by atoms with Gasteiger partial charge < -0.3 is 14.2 Å². The van der Waals surface area contributed by atoms with Crippen LogP contribution in [-0.4, -0.2) is 24.7 Å². The van der Waals surface area contributed by atoms with Gasteiger partial charge in [0.2, 0.25) is 0 Å². The van der Waals surface area contributed by atoms with Gasteiger partial charge in [-0.3, -0.25) is 4.57 Å². The number of benzene rings is 4. The van der Waals surface area contributed by atoms with Crippen LogP contribution in [0.25, 0.3) is 0 Å². The molecule has 4 nitrogen and oxygen atoms in total. The molecule has 0 aliphatic rings. The van der Waals surface area contributed by atoms with Gasteiger partial charge in [-0.1, -0.05) is 121 Å². The fourth-order valence-electron chi connectivity index (χ4n) is 4.01. The largest absolute Gasteiger partial charge is 0.384 e. The van der Waals surface area contributed by atoms with Crippen LogP contribution in [0.1, 0.15) is 34.1 Å². The molecule has 0 aliphatic carbocycles. The fourth-order valence-corrected chi connectivity index (χ4v) is 5.00. The molecule has 0 amide bonds. The Morgan fingerprint density at radius 2 is 0.794 bits per heavy atom. The average Bonchev–Trinajstić information content (AvgIpc) is 2.91. The predicted octanol–water partition coefficient (Wildman–Crippen LogP) is 6.83. The van der Waals surface area contributed by atoms with Gasteiger partial charge in [0.05, 0.1) is 13.2 Å². The van der Waals surface area contributed by atoms with Crippen LogP contribution in [-0.2, 0) is 13.6 Å². The molecule has 0 spiro atoms. The SMILES string of the molecule is O=P(CO)(OCC(c1ccccc1)c1ccccc1)OCC(c1ccccc1)c1ccccc1. The van der Waals surface area contributed by atoms with Crippen LogP contribution >= 0.6 is 7.60 Å². The second-order valence-corrected chi connectivity index (χ2v) is 10.1. The van der Waals surface area contributed by atoms with E-state index in [4.69, 9.17) is 9.05 Å². The summed E-state index contributed by atoms with van der Waals surface area (Å²) in [6.45, 7) is 0.264. The van der Waals surface area contributed by atoms with E-state index in [1.165, 1.54) is 0 Å². The first-order chi connectivity index (χ1) is 16.7. The second kappa shape index (κ2) is 11.9. The van der Waals surface area contributed by atoms with Crippen molar-refractivity contribution in [2.24, 2.45) is 0 Å². The highest BCUT2D eigenvalue weighted by Gasteiger charge is 2.28. The van der Waals surface area contributed by atoms with Gasteiger partial charge in [-0.2, -0.15) is 0 Å². The van der Waals surface area contributed by atoms with E-state index in [-0.39, 0.29) is 25.0 Å².